The van der Waals surface area contributed by atoms with E-state index in [2.05, 4.69) is 29.2 Å². The number of hydrogen-bond acceptors (Lipinski definition) is 8. The molecule has 0 unspecified atom stereocenters. The van der Waals surface area contributed by atoms with Gasteiger partial charge in [-0.15, -0.1) is 0 Å². The lowest BCUT2D eigenvalue weighted by Crippen LogP contribution is -2.40. The summed E-state index contributed by atoms with van der Waals surface area (Å²) in [6, 6.07) is 13.6. The van der Waals surface area contributed by atoms with Crippen LogP contribution in [0.1, 0.15) is 42.6 Å². The molecule has 0 amide bonds. The highest BCUT2D eigenvalue weighted by atomic mass is 16.5. The molecule has 0 bridgehead atoms. The second-order valence-corrected chi connectivity index (χ2v) is 9.32. The maximum Gasteiger partial charge on any atom is 0.256 e. The summed E-state index contributed by atoms with van der Waals surface area (Å²) in [5.41, 5.74) is 3.02. The van der Waals surface area contributed by atoms with Gasteiger partial charge in [0.05, 0.1) is 5.39 Å². The molecule has 0 radical (unpaired) electrons. The normalized spacial score (nSPS) is 16.8. The highest BCUT2D eigenvalue weighted by Crippen LogP contribution is 2.33. The number of rotatable bonds is 7. The zero-order valence-corrected chi connectivity index (χ0v) is 20.3. The number of fused-ring (bicyclic) bond motifs is 2. The third-order valence-corrected chi connectivity index (χ3v) is 6.63. The van der Waals surface area contributed by atoms with Gasteiger partial charge in [0.1, 0.15) is 36.4 Å². The summed E-state index contributed by atoms with van der Waals surface area (Å²) in [6.07, 6.45) is 5.60. The number of benzene rings is 2. The molecule has 1 aromatic heterocycles. The fourth-order valence-electron chi connectivity index (χ4n) is 4.84. The quantitative estimate of drug-likeness (QED) is 0.325. The van der Waals surface area contributed by atoms with Crippen LogP contribution in [0.15, 0.2) is 53.0 Å². The smallest absolute Gasteiger partial charge is 0.256 e. The average Bonchev–Trinajstić information content (AvgIpc) is 3.33. The molecule has 0 saturated carbocycles. The number of furan rings is 1. The number of hydrogen-bond donors (Lipinski definition) is 3. The molecule has 1 fully saturated rings. The lowest BCUT2D eigenvalue weighted by atomic mass is 9.88. The van der Waals surface area contributed by atoms with Gasteiger partial charge in [0.25, 0.3) is 5.90 Å². The standard InChI is InChI=1S/C28H31N3O5/c1-18(29)35-28(30)27-15-23-24(5-2-6-25(23)36-27)34-17-22(32)16-31-11-9-19(10-12-31)21-8-7-20-4-3-13-33-26(20)14-21/h2-8,14-15,19,22,29-30,32H,9-13,16-17H2,1H3/t22-/m0/s1. The van der Waals surface area contributed by atoms with Crippen molar-refractivity contribution in [2.75, 3.05) is 32.8 Å². The van der Waals surface area contributed by atoms with Crippen LogP contribution in [0.25, 0.3) is 17.0 Å². The van der Waals surface area contributed by atoms with Crippen molar-refractivity contribution in [2.24, 2.45) is 0 Å². The minimum Gasteiger partial charge on any atom is -0.490 e. The molecule has 0 aliphatic carbocycles. The van der Waals surface area contributed by atoms with Gasteiger partial charge in [-0.25, -0.2) is 0 Å². The molecular weight excluding hydrogens is 458 g/mol. The Labute approximate surface area is 210 Å². The third-order valence-electron chi connectivity index (χ3n) is 6.63. The van der Waals surface area contributed by atoms with E-state index in [1.807, 2.05) is 12.1 Å². The first kappa shape index (κ1) is 24.1. The van der Waals surface area contributed by atoms with E-state index in [4.69, 9.17) is 29.4 Å². The van der Waals surface area contributed by atoms with Crippen LogP contribution in [0, 0.1) is 10.8 Å². The molecule has 5 rings (SSSR count). The van der Waals surface area contributed by atoms with Crippen molar-refractivity contribution in [1.82, 2.24) is 4.90 Å². The maximum absolute atomic E-state index is 10.7. The van der Waals surface area contributed by atoms with Gasteiger partial charge in [0.2, 0.25) is 0 Å². The summed E-state index contributed by atoms with van der Waals surface area (Å²) < 4.78 is 22.4. The van der Waals surface area contributed by atoms with Gasteiger partial charge >= 0.3 is 0 Å². The van der Waals surface area contributed by atoms with Crippen molar-refractivity contribution >= 4 is 28.8 Å². The molecule has 188 valence electrons. The van der Waals surface area contributed by atoms with Crippen molar-refractivity contribution in [3.63, 3.8) is 0 Å². The highest BCUT2D eigenvalue weighted by Gasteiger charge is 2.24. The van der Waals surface area contributed by atoms with E-state index in [9.17, 15) is 5.11 Å². The fourth-order valence-corrected chi connectivity index (χ4v) is 4.84. The second-order valence-electron chi connectivity index (χ2n) is 9.32. The predicted octanol–water partition coefficient (Wildman–Crippen LogP) is 4.80. The van der Waals surface area contributed by atoms with E-state index in [-0.39, 0.29) is 24.2 Å². The molecule has 8 nitrogen and oxygen atoms in total. The van der Waals surface area contributed by atoms with E-state index in [0.717, 1.165) is 37.2 Å². The monoisotopic (exact) mass is 489 g/mol. The number of nitrogens with one attached hydrogen (secondary N) is 2. The summed E-state index contributed by atoms with van der Waals surface area (Å²) >= 11 is 0. The van der Waals surface area contributed by atoms with Gasteiger partial charge in [-0.05, 0) is 61.7 Å². The number of aliphatic hydroxyl groups excluding tert-OH is 1. The molecular formula is C28H31N3O5. The first-order valence-electron chi connectivity index (χ1n) is 12.3. The predicted molar refractivity (Wildman–Crippen MR) is 138 cm³/mol. The molecule has 1 saturated heterocycles. The molecule has 36 heavy (non-hydrogen) atoms. The zero-order valence-electron chi connectivity index (χ0n) is 20.3. The van der Waals surface area contributed by atoms with Gasteiger partial charge in [-0.2, -0.15) is 0 Å². The zero-order chi connectivity index (χ0) is 25.1. The highest BCUT2D eigenvalue weighted by molar-refractivity contribution is 6.00. The number of nitrogens with zero attached hydrogens (tertiary/aromatic N) is 1. The van der Waals surface area contributed by atoms with Crippen LogP contribution in [0.2, 0.25) is 0 Å². The topological polar surface area (TPSA) is 112 Å². The first-order valence-corrected chi connectivity index (χ1v) is 12.3. The van der Waals surface area contributed by atoms with Crippen LogP contribution < -0.4 is 9.47 Å². The number of β-amino-alcohol motifs (C(OH)–C–C–N with tert-alkyl or cyclic N) is 1. The van der Waals surface area contributed by atoms with Gasteiger partial charge in [-0.1, -0.05) is 24.3 Å². The Morgan fingerprint density at radius 2 is 2.00 bits per heavy atom. The molecule has 3 aromatic rings. The largest absolute Gasteiger partial charge is 0.490 e. The Hall–Kier alpha value is -3.62. The molecule has 8 heteroatoms. The van der Waals surface area contributed by atoms with Gasteiger partial charge in [0, 0.05) is 25.1 Å². The van der Waals surface area contributed by atoms with Crippen molar-refractivity contribution in [1.29, 1.82) is 10.8 Å². The van der Waals surface area contributed by atoms with E-state index in [1.54, 1.807) is 18.2 Å². The summed E-state index contributed by atoms with van der Waals surface area (Å²) in [4.78, 5) is 2.29. The SMILES string of the molecule is CC(=N)OC(=N)c1cc2c(OC[C@@H](O)CN3CCC(c4ccc5c(c4)OCC=C5)CC3)cccc2o1. The second kappa shape index (κ2) is 10.6. The first-order chi connectivity index (χ1) is 17.5. The number of aliphatic hydroxyl groups is 1. The van der Waals surface area contributed by atoms with Crippen LogP contribution in [0.5, 0.6) is 11.5 Å². The fraction of sp³-hybridized carbons (Fsp3) is 0.357. The average molecular weight is 490 g/mol. The van der Waals surface area contributed by atoms with Crippen LogP contribution in [-0.2, 0) is 4.74 Å². The third kappa shape index (κ3) is 5.45. The van der Waals surface area contributed by atoms with Crippen LogP contribution in [0.4, 0.5) is 0 Å². The van der Waals surface area contributed by atoms with Gasteiger partial charge in [0.15, 0.2) is 11.7 Å². The molecule has 2 aliphatic heterocycles. The van der Waals surface area contributed by atoms with E-state index in [1.165, 1.54) is 12.5 Å². The maximum atomic E-state index is 10.7. The Balaban J connectivity index is 1.13. The Morgan fingerprint density at radius 1 is 1.17 bits per heavy atom. The van der Waals surface area contributed by atoms with Crippen molar-refractivity contribution in [3.05, 3.63) is 65.4 Å². The Bertz CT molecular complexity index is 1290. The Morgan fingerprint density at radius 3 is 2.81 bits per heavy atom. The lowest BCUT2D eigenvalue weighted by molar-refractivity contribution is 0.0599. The summed E-state index contributed by atoms with van der Waals surface area (Å²) in [5, 5.41) is 26.7. The minimum atomic E-state index is -0.630. The minimum absolute atomic E-state index is 0.0850. The van der Waals surface area contributed by atoms with E-state index >= 15 is 0 Å². The van der Waals surface area contributed by atoms with Gasteiger partial charge < -0.3 is 28.6 Å². The summed E-state index contributed by atoms with van der Waals surface area (Å²) in [7, 11) is 0. The van der Waals surface area contributed by atoms with Crippen molar-refractivity contribution in [2.45, 2.75) is 31.8 Å². The molecule has 2 aromatic carbocycles. The van der Waals surface area contributed by atoms with E-state index in [0.29, 0.717) is 35.8 Å². The molecule has 3 heterocycles. The number of piperidine rings is 1. The van der Waals surface area contributed by atoms with E-state index < -0.39 is 6.10 Å². The Kier molecular flexibility index (Phi) is 7.06. The molecule has 1 atom stereocenters. The molecule has 2 aliphatic rings. The van der Waals surface area contributed by atoms with Crippen LogP contribution in [-0.4, -0.2) is 60.8 Å². The van der Waals surface area contributed by atoms with Crippen molar-refractivity contribution < 1.29 is 23.7 Å². The van der Waals surface area contributed by atoms with Crippen molar-refractivity contribution in [3.8, 4) is 11.5 Å². The summed E-state index contributed by atoms with van der Waals surface area (Å²) in [5.74, 6) is 1.95. The van der Waals surface area contributed by atoms with Crippen LogP contribution in [0.3, 0.4) is 0 Å². The number of likely N-dealkylation sites (tertiary alicyclic amines) is 1. The molecule has 3 N–H and O–H groups in total. The summed E-state index contributed by atoms with van der Waals surface area (Å²) in [6.45, 7) is 4.64. The number of ether oxygens (including phenoxy) is 3. The van der Waals surface area contributed by atoms with Gasteiger partial charge in [-0.3, -0.25) is 10.8 Å². The van der Waals surface area contributed by atoms with Crippen LogP contribution >= 0.6 is 0 Å². The lowest BCUT2D eigenvalue weighted by Gasteiger charge is -2.33. The molecule has 0 spiro atoms.